The number of rotatable bonds is 3. The van der Waals surface area contributed by atoms with Crippen molar-refractivity contribution < 1.29 is 13.5 Å². The highest BCUT2D eigenvalue weighted by molar-refractivity contribution is 5.57. The van der Waals surface area contributed by atoms with E-state index in [2.05, 4.69) is 0 Å². The van der Waals surface area contributed by atoms with Gasteiger partial charge in [0.15, 0.2) is 0 Å². The number of nitrogen functional groups attached to an aromatic ring is 1. The molecule has 0 spiro atoms. The predicted octanol–water partition coefficient (Wildman–Crippen LogP) is 3.43. The summed E-state index contributed by atoms with van der Waals surface area (Å²) in [4.78, 5) is 0. The first kappa shape index (κ1) is 12.4. The molecule has 2 nitrogen and oxygen atoms in total. The Kier molecular flexibility index (Phi) is 3.46. The van der Waals surface area contributed by atoms with Crippen LogP contribution in [0.25, 0.3) is 0 Å². The van der Waals surface area contributed by atoms with Gasteiger partial charge in [-0.15, -0.1) is 0 Å². The molecule has 18 heavy (non-hydrogen) atoms. The van der Waals surface area contributed by atoms with E-state index in [1.165, 1.54) is 12.1 Å². The molecule has 0 saturated heterocycles. The second kappa shape index (κ2) is 5.04. The highest BCUT2D eigenvalue weighted by Crippen LogP contribution is 2.25. The molecule has 0 heterocycles. The molecule has 0 unspecified atom stereocenters. The molecule has 4 heteroatoms. The molecule has 0 bridgehead atoms. The van der Waals surface area contributed by atoms with Crippen LogP contribution in [0.3, 0.4) is 0 Å². The molecule has 2 aromatic carbocycles. The van der Waals surface area contributed by atoms with Crippen molar-refractivity contribution in [2.24, 2.45) is 0 Å². The third kappa shape index (κ3) is 2.77. The van der Waals surface area contributed by atoms with Gasteiger partial charge in [0, 0.05) is 6.07 Å². The van der Waals surface area contributed by atoms with E-state index in [-0.39, 0.29) is 6.61 Å². The van der Waals surface area contributed by atoms with Crippen LogP contribution in [0.15, 0.2) is 36.4 Å². The van der Waals surface area contributed by atoms with Crippen molar-refractivity contribution in [3.63, 3.8) is 0 Å². The maximum atomic E-state index is 13.0. The number of anilines is 1. The molecule has 0 fully saturated rings. The van der Waals surface area contributed by atoms with E-state index in [1.807, 2.05) is 19.1 Å². The van der Waals surface area contributed by atoms with Crippen LogP contribution in [0.1, 0.15) is 11.1 Å². The molecule has 0 amide bonds. The van der Waals surface area contributed by atoms with Crippen LogP contribution in [-0.2, 0) is 6.61 Å². The van der Waals surface area contributed by atoms with Gasteiger partial charge in [-0.2, -0.15) is 0 Å². The summed E-state index contributed by atoms with van der Waals surface area (Å²) >= 11 is 0. The number of ether oxygens (including phenoxy) is 1. The van der Waals surface area contributed by atoms with E-state index < -0.39 is 11.6 Å². The Hall–Kier alpha value is -2.10. The fourth-order valence-corrected chi connectivity index (χ4v) is 1.63. The third-order valence-corrected chi connectivity index (χ3v) is 2.60. The summed E-state index contributed by atoms with van der Waals surface area (Å²) in [6.07, 6.45) is 0. The molecule has 2 rings (SSSR count). The summed E-state index contributed by atoms with van der Waals surface area (Å²) < 4.78 is 31.4. The number of para-hydroxylation sites is 1. The second-order valence-electron chi connectivity index (χ2n) is 4.05. The predicted molar refractivity (Wildman–Crippen MR) is 66.3 cm³/mol. The van der Waals surface area contributed by atoms with Crippen LogP contribution in [0.2, 0.25) is 0 Å². The van der Waals surface area contributed by atoms with Crippen LogP contribution >= 0.6 is 0 Å². The van der Waals surface area contributed by atoms with Crippen LogP contribution in [0, 0.1) is 18.6 Å². The van der Waals surface area contributed by atoms with E-state index >= 15 is 0 Å². The average Bonchev–Trinajstić information content (AvgIpc) is 2.30. The van der Waals surface area contributed by atoms with E-state index in [9.17, 15) is 8.78 Å². The van der Waals surface area contributed by atoms with Gasteiger partial charge in [0.05, 0.1) is 5.69 Å². The quantitative estimate of drug-likeness (QED) is 0.846. The molecule has 0 radical (unpaired) electrons. The van der Waals surface area contributed by atoms with Crippen molar-refractivity contribution in [3.8, 4) is 5.75 Å². The minimum atomic E-state index is -0.620. The summed E-state index contributed by atoms with van der Waals surface area (Å²) in [5.74, 6) is -0.726. The van der Waals surface area contributed by atoms with E-state index in [4.69, 9.17) is 10.5 Å². The molecule has 0 atom stereocenters. The van der Waals surface area contributed by atoms with Crippen molar-refractivity contribution in [2.45, 2.75) is 13.5 Å². The zero-order chi connectivity index (χ0) is 13.1. The second-order valence-corrected chi connectivity index (χ2v) is 4.05. The van der Waals surface area contributed by atoms with Crippen molar-refractivity contribution in [1.82, 2.24) is 0 Å². The van der Waals surface area contributed by atoms with Crippen LogP contribution < -0.4 is 10.5 Å². The largest absolute Gasteiger partial charge is 0.487 e. The van der Waals surface area contributed by atoms with Gasteiger partial charge in [0.25, 0.3) is 0 Å². The lowest BCUT2D eigenvalue weighted by atomic mass is 10.2. The Morgan fingerprint density at radius 3 is 2.44 bits per heavy atom. The number of hydrogen-bond donors (Lipinski definition) is 1. The summed E-state index contributed by atoms with van der Waals surface area (Å²) in [6.45, 7) is 1.94. The van der Waals surface area contributed by atoms with Crippen molar-refractivity contribution in [2.75, 3.05) is 5.73 Å². The van der Waals surface area contributed by atoms with Crippen molar-refractivity contribution >= 4 is 5.69 Å². The molecule has 94 valence electrons. The van der Waals surface area contributed by atoms with Gasteiger partial charge in [0.1, 0.15) is 24.0 Å². The first-order chi connectivity index (χ1) is 8.56. The molecule has 0 aliphatic rings. The zero-order valence-electron chi connectivity index (χ0n) is 9.91. The maximum Gasteiger partial charge on any atom is 0.142 e. The number of halogens is 2. The van der Waals surface area contributed by atoms with E-state index in [0.29, 0.717) is 17.0 Å². The molecular formula is C14H13F2NO. The molecule has 0 saturated carbocycles. The van der Waals surface area contributed by atoms with Gasteiger partial charge in [0.2, 0.25) is 0 Å². The van der Waals surface area contributed by atoms with Gasteiger partial charge in [-0.05, 0) is 36.2 Å². The number of hydrogen-bond acceptors (Lipinski definition) is 2. The summed E-state index contributed by atoms with van der Waals surface area (Å²) in [7, 11) is 0. The summed E-state index contributed by atoms with van der Waals surface area (Å²) in [6, 6.07) is 8.68. The molecule has 2 aromatic rings. The minimum absolute atomic E-state index is 0.0718. The monoisotopic (exact) mass is 249 g/mol. The van der Waals surface area contributed by atoms with Crippen molar-refractivity contribution in [3.05, 3.63) is 59.2 Å². The minimum Gasteiger partial charge on any atom is -0.487 e. The maximum absolute atomic E-state index is 13.0. The average molecular weight is 249 g/mol. The Bertz CT molecular complexity index is 549. The lowest BCUT2D eigenvalue weighted by molar-refractivity contribution is 0.306. The first-order valence-electron chi connectivity index (χ1n) is 5.49. The van der Waals surface area contributed by atoms with Crippen LogP contribution in [0.5, 0.6) is 5.75 Å². The van der Waals surface area contributed by atoms with E-state index in [0.717, 1.165) is 11.6 Å². The molecule has 2 N–H and O–H groups in total. The van der Waals surface area contributed by atoms with Gasteiger partial charge in [-0.3, -0.25) is 0 Å². The Labute approximate surface area is 104 Å². The van der Waals surface area contributed by atoms with Gasteiger partial charge >= 0.3 is 0 Å². The first-order valence-corrected chi connectivity index (χ1v) is 5.49. The van der Waals surface area contributed by atoms with E-state index in [1.54, 1.807) is 6.07 Å². The molecule has 0 aromatic heterocycles. The Balaban J connectivity index is 2.14. The number of nitrogens with two attached hydrogens (primary N) is 1. The number of aryl methyl sites for hydroxylation is 1. The molecule has 0 aliphatic heterocycles. The van der Waals surface area contributed by atoms with Gasteiger partial charge in [-0.25, -0.2) is 8.78 Å². The third-order valence-electron chi connectivity index (χ3n) is 2.60. The Morgan fingerprint density at radius 1 is 1.11 bits per heavy atom. The molecule has 0 aliphatic carbocycles. The number of benzene rings is 2. The summed E-state index contributed by atoms with van der Waals surface area (Å²) in [5, 5.41) is 0. The van der Waals surface area contributed by atoms with Gasteiger partial charge < -0.3 is 10.5 Å². The topological polar surface area (TPSA) is 35.2 Å². The molecular weight excluding hydrogens is 236 g/mol. The van der Waals surface area contributed by atoms with Crippen LogP contribution in [-0.4, -0.2) is 0 Å². The van der Waals surface area contributed by atoms with Crippen LogP contribution in [0.4, 0.5) is 14.5 Å². The lowest BCUT2D eigenvalue weighted by Crippen LogP contribution is -2.01. The Morgan fingerprint density at radius 2 is 1.78 bits per heavy atom. The summed E-state index contributed by atoms with van der Waals surface area (Å²) in [5.41, 5.74) is 7.70. The standard InChI is InChI=1S/C14H13F2NO/c1-9-3-2-4-13(14(9)17)18-8-10-5-11(15)7-12(16)6-10/h2-7H,8,17H2,1H3. The zero-order valence-corrected chi connectivity index (χ0v) is 9.91. The highest BCUT2D eigenvalue weighted by atomic mass is 19.1. The highest BCUT2D eigenvalue weighted by Gasteiger charge is 2.05. The SMILES string of the molecule is Cc1cccc(OCc2cc(F)cc(F)c2)c1N. The fraction of sp³-hybridized carbons (Fsp3) is 0.143. The van der Waals surface area contributed by atoms with Crippen molar-refractivity contribution in [1.29, 1.82) is 0 Å². The lowest BCUT2D eigenvalue weighted by Gasteiger charge is -2.10. The van der Waals surface area contributed by atoms with Gasteiger partial charge in [-0.1, -0.05) is 12.1 Å². The normalized spacial score (nSPS) is 10.4. The smallest absolute Gasteiger partial charge is 0.142 e. The fourth-order valence-electron chi connectivity index (χ4n) is 1.63.